The largest absolute Gasteiger partial charge is 0.573 e. The number of hydrazine groups is 1. The zero-order valence-electron chi connectivity index (χ0n) is 20.3. The molecule has 196 valence electrons. The van der Waals surface area contributed by atoms with Gasteiger partial charge in [0.05, 0.1) is 13.2 Å². The number of rotatable bonds is 10. The molecule has 0 radical (unpaired) electrons. The van der Waals surface area contributed by atoms with E-state index in [1.165, 1.54) is 25.3 Å². The Morgan fingerprint density at radius 1 is 1.17 bits per heavy atom. The topological polar surface area (TPSA) is 79.9 Å². The standard InChI is InChI=1S/C25H30F3N3O4S/c1-4-6-12-21(32)29-23(16-10-8-7-9-11-16)31-22(20(5-2)36-24(33)30-31)17-13-14-18(19(15-17)34-3)35-25(26,27)28/h7-11,13-15,20,22-23H,4-6,12H2,1-3H3,(H,29,32)(H,30,33). The van der Waals surface area contributed by atoms with E-state index in [9.17, 15) is 22.8 Å². The fourth-order valence-electron chi connectivity index (χ4n) is 4.08. The summed E-state index contributed by atoms with van der Waals surface area (Å²) in [5.41, 5.74) is 4.22. The minimum Gasteiger partial charge on any atom is -0.493 e. The van der Waals surface area contributed by atoms with Gasteiger partial charge < -0.3 is 14.8 Å². The van der Waals surface area contributed by atoms with Crippen LogP contribution < -0.4 is 20.2 Å². The third kappa shape index (κ3) is 7.07. The lowest BCUT2D eigenvalue weighted by molar-refractivity contribution is -0.275. The van der Waals surface area contributed by atoms with Gasteiger partial charge in [0.25, 0.3) is 5.24 Å². The molecular weight excluding hydrogens is 495 g/mol. The molecule has 2 aromatic carbocycles. The maximum absolute atomic E-state index is 12.9. The number of nitrogens with zero attached hydrogens (tertiary/aromatic N) is 1. The van der Waals surface area contributed by atoms with Gasteiger partial charge in [-0.15, -0.1) is 13.2 Å². The first-order valence-electron chi connectivity index (χ1n) is 11.7. The Labute approximate surface area is 212 Å². The van der Waals surface area contributed by atoms with Crippen LogP contribution >= 0.6 is 11.8 Å². The molecule has 1 saturated heterocycles. The van der Waals surface area contributed by atoms with Crippen LogP contribution in [0.1, 0.15) is 62.9 Å². The average molecular weight is 526 g/mol. The normalized spacial score (nSPS) is 19.3. The second-order valence-corrected chi connectivity index (χ2v) is 9.47. The second kappa shape index (κ2) is 12.4. The molecule has 2 aromatic rings. The lowest BCUT2D eigenvalue weighted by Crippen LogP contribution is -2.56. The number of amides is 2. The number of hydrogen-bond acceptors (Lipinski definition) is 6. The van der Waals surface area contributed by atoms with Crippen LogP contribution in [0.25, 0.3) is 0 Å². The van der Waals surface area contributed by atoms with Crippen LogP contribution in [0.4, 0.5) is 18.0 Å². The summed E-state index contributed by atoms with van der Waals surface area (Å²) in [5, 5.41) is 4.16. The lowest BCUT2D eigenvalue weighted by Gasteiger charge is -2.44. The number of halogens is 3. The SMILES string of the molecule is CCCCC(=O)NC(c1ccccc1)N1NC(=O)SC(CC)C1c1ccc(OC(F)(F)F)c(OC)c1. The third-order valence-electron chi connectivity index (χ3n) is 5.74. The summed E-state index contributed by atoms with van der Waals surface area (Å²) in [6.45, 7) is 3.92. The van der Waals surface area contributed by atoms with Gasteiger partial charge in [0, 0.05) is 11.7 Å². The predicted molar refractivity (Wildman–Crippen MR) is 131 cm³/mol. The van der Waals surface area contributed by atoms with E-state index in [1.807, 2.05) is 44.2 Å². The maximum Gasteiger partial charge on any atom is 0.573 e. The average Bonchev–Trinajstić information content (AvgIpc) is 2.85. The van der Waals surface area contributed by atoms with Crippen LogP contribution in [0.3, 0.4) is 0 Å². The first kappa shape index (κ1) is 27.7. The number of methoxy groups -OCH3 is 1. The minimum atomic E-state index is -4.87. The van der Waals surface area contributed by atoms with E-state index in [-0.39, 0.29) is 22.1 Å². The number of ether oxygens (including phenoxy) is 2. The molecule has 0 spiro atoms. The number of benzene rings is 2. The second-order valence-electron chi connectivity index (χ2n) is 8.26. The monoisotopic (exact) mass is 525 g/mol. The van der Waals surface area contributed by atoms with Gasteiger partial charge in [-0.2, -0.15) is 5.01 Å². The van der Waals surface area contributed by atoms with Crippen molar-refractivity contribution in [2.24, 2.45) is 0 Å². The molecule has 0 aromatic heterocycles. The number of alkyl halides is 3. The molecule has 2 N–H and O–H groups in total. The molecule has 0 saturated carbocycles. The molecule has 0 aliphatic carbocycles. The maximum atomic E-state index is 12.9. The summed E-state index contributed by atoms with van der Waals surface area (Å²) < 4.78 is 47.9. The van der Waals surface area contributed by atoms with Crippen molar-refractivity contribution >= 4 is 22.9 Å². The smallest absolute Gasteiger partial charge is 0.493 e. The Kier molecular flexibility index (Phi) is 9.49. The van der Waals surface area contributed by atoms with Gasteiger partial charge in [-0.05, 0) is 36.1 Å². The Balaban J connectivity index is 2.06. The highest BCUT2D eigenvalue weighted by molar-refractivity contribution is 8.14. The van der Waals surface area contributed by atoms with E-state index in [2.05, 4.69) is 15.5 Å². The molecule has 3 atom stereocenters. The highest BCUT2D eigenvalue weighted by atomic mass is 32.2. The number of nitrogens with one attached hydrogen (secondary N) is 2. The number of hydrogen-bond donors (Lipinski definition) is 2. The highest BCUT2D eigenvalue weighted by Crippen LogP contribution is 2.43. The summed E-state index contributed by atoms with van der Waals surface area (Å²) >= 11 is 1.11. The summed E-state index contributed by atoms with van der Waals surface area (Å²) in [7, 11) is 1.26. The van der Waals surface area contributed by atoms with Gasteiger partial charge in [0.2, 0.25) is 5.91 Å². The van der Waals surface area contributed by atoms with Gasteiger partial charge in [0.15, 0.2) is 11.5 Å². The number of carbonyl (C=O) groups is 2. The molecule has 3 unspecified atom stereocenters. The fourth-order valence-corrected chi connectivity index (χ4v) is 5.09. The van der Waals surface area contributed by atoms with Crippen molar-refractivity contribution in [3.8, 4) is 11.5 Å². The molecule has 2 amide bonds. The molecule has 1 aliphatic rings. The molecule has 7 nitrogen and oxygen atoms in total. The van der Waals surface area contributed by atoms with Crippen molar-refractivity contribution in [3.05, 3.63) is 59.7 Å². The molecule has 3 rings (SSSR count). The molecule has 11 heteroatoms. The van der Waals surface area contributed by atoms with E-state index >= 15 is 0 Å². The number of carbonyl (C=O) groups excluding carboxylic acids is 2. The number of thioether (sulfide) groups is 1. The van der Waals surface area contributed by atoms with E-state index in [1.54, 1.807) is 5.01 Å². The van der Waals surface area contributed by atoms with Gasteiger partial charge in [-0.1, -0.05) is 68.4 Å². The summed E-state index contributed by atoms with van der Waals surface area (Å²) in [4.78, 5) is 25.5. The molecular formula is C25H30F3N3O4S. The predicted octanol–water partition coefficient (Wildman–Crippen LogP) is 6.09. The lowest BCUT2D eigenvalue weighted by atomic mass is 9.98. The van der Waals surface area contributed by atoms with Crippen LogP contribution in [-0.4, -0.2) is 34.9 Å². The van der Waals surface area contributed by atoms with E-state index < -0.39 is 24.3 Å². The zero-order chi connectivity index (χ0) is 26.3. The Hall–Kier alpha value is -2.92. The van der Waals surface area contributed by atoms with E-state index in [4.69, 9.17) is 4.74 Å². The summed E-state index contributed by atoms with van der Waals surface area (Å²) in [6, 6.07) is 12.9. The van der Waals surface area contributed by atoms with Crippen molar-refractivity contribution in [2.75, 3.05) is 7.11 Å². The third-order valence-corrected chi connectivity index (χ3v) is 6.94. The van der Waals surface area contributed by atoms with Crippen LogP contribution in [0.15, 0.2) is 48.5 Å². The first-order chi connectivity index (χ1) is 17.2. The van der Waals surface area contributed by atoms with Crippen LogP contribution in [0, 0.1) is 0 Å². The molecule has 1 fully saturated rings. The van der Waals surface area contributed by atoms with Crippen molar-refractivity contribution in [1.29, 1.82) is 0 Å². The zero-order valence-corrected chi connectivity index (χ0v) is 21.1. The first-order valence-corrected chi connectivity index (χ1v) is 12.6. The van der Waals surface area contributed by atoms with E-state index in [0.717, 1.165) is 23.7 Å². The fraction of sp³-hybridized carbons (Fsp3) is 0.440. The molecule has 1 heterocycles. The minimum absolute atomic E-state index is 0.0928. The van der Waals surface area contributed by atoms with Crippen LogP contribution in [0.2, 0.25) is 0 Å². The van der Waals surface area contributed by atoms with Gasteiger partial charge in [-0.25, -0.2) is 0 Å². The molecule has 36 heavy (non-hydrogen) atoms. The molecule has 0 bridgehead atoms. The van der Waals surface area contributed by atoms with Crippen LogP contribution in [-0.2, 0) is 4.79 Å². The van der Waals surface area contributed by atoms with Crippen molar-refractivity contribution < 1.29 is 32.2 Å². The van der Waals surface area contributed by atoms with Crippen molar-refractivity contribution in [2.45, 2.75) is 63.4 Å². The van der Waals surface area contributed by atoms with Crippen molar-refractivity contribution in [3.63, 3.8) is 0 Å². The Bertz CT molecular complexity index is 1040. The van der Waals surface area contributed by atoms with Gasteiger partial charge in [0.1, 0.15) is 6.17 Å². The van der Waals surface area contributed by atoms with Gasteiger partial charge >= 0.3 is 6.36 Å². The summed E-state index contributed by atoms with van der Waals surface area (Å²) in [5.74, 6) is -0.727. The highest BCUT2D eigenvalue weighted by Gasteiger charge is 2.41. The van der Waals surface area contributed by atoms with E-state index in [0.29, 0.717) is 24.8 Å². The van der Waals surface area contributed by atoms with Crippen LogP contribution in [0.5, 0.6) is 11.5 Å². The Morgan fingerprint density at radius 3 is 2.50 bits per heavy atom. The summed E-state index contributed by atoms with van der Waals surface area (Å²) in [6.07, 6.45) is -3.09. The molecule has 1 aliphatic heterocycles. The van der Waals surface area contributed by atoms with Gasteiger partial charge in [-0.3, -0.25) is 15.0 Å². The number of unbranched alkanes of at least 4 members (excludes halogenated alkanes) is 1. The Morgan fingerprint density at radius 2 is 1.89 bits per heavy atom. The quantitative estimate of drug-likeness (QED) is 0.391. The van der Waals surface area contributed by atoms with Crippen molar-refractivity contribution in [1.82, 2.24) is 15.8 Å².